The van der Waals surface area contributed by atoms with Gasteiger partial charge in [-0.25, -0.2) is 0 Å². The Balaban J connectivity index is 0.000000810. The molecule has 1 unspecified atom stereocenters. The summed E-state index contributed by atoms with van der Waals surface area (Å²) in [7, 11) is 0. The molecule has 10 heavy (non-hydrogen) atoms. The van der Waals surface area contributed by atoms with Crippen LogP contribution in [-0.4, -0.2) is 34.9 Å². The molecular formula is C5H9N2O3. The minimum Gasteiger partial charge on any atom is -0.480 e. The molecule has 57 valence electrons. The van der Waals surface area contributed by atoms with E-state index in [9.17, 15) is 4.79 Å². The van der Waals surface area contributed by atoms with E-state index in [1.54, 1.807) is 0 Å². The van der Waals surface area contributed by atoms with E-state index in [2.05, 4.69) is 5.32 Å². The van der Waals surface area contributed by atoms with Gasteiger partial charge in [-0.05, 0) is 13.0 Å². The van der Waals surface area contributed by atoms with E-state index < -0.39 is 18.1 Å². The van der Waals surface area contributed by atoms with Crippen molar-refractivity contribution in [1.82, 2.24) is 11.5 Å². The SMILES string of the molecule is O=C(O)[C@H]1NCCC1O.[N]. The van der Waals surface area contributed by atoms with Crippen LogP contribution in [0, 0.1) is 0 Å². The smallest absolute Gasteiger partial charge is 0.323 e. The Morgan fingerprint density at radius 2 is 2.20 bits per heavy atom. The van der Waals surface area contributed by atoms with Crippen LogP contribution in [0.15, 0.2) is 0 Å². The number of aliphatic hydroxyl groups is 1. The Labute approximate surface area is 58.6 Å². The fourth-order valence-corrected chi connectivity index (χ4v) is 0.941. The van der Waals surface area contributed by atoms with Gasteiger partial charge in [0, 0.05) is 6.15 Å². The van der Waals surface area contributed by atoms with E-state index >= 15 is 0 Å². The first-order chi connectivity index (χ1) is 4.22. The summed E-state index contributed by atoms with van der Waals surface area (Å²) < 4.78 is 0. The summed E-state index contributed by atoms with van der Waals surface area (Å²) in [4.78, 5) is 10.2. The Bertz CT molecular complexity index is 128. The minimum absolute atomic E-state index is 0. The van der Waals surface area contributed by atoms with Gasteiger partial charge < -0.3 is 15.5 Å². The molecule has 1 rings (SSSR count). The molecule has 5 heteroatoms. The van der Waals surface area contributed by atoms with Crippen LogP contribution in [0.2, 0.25) is 0 Å². The van der Waals surface area contributed by atoms with E-state index in [1.165, 1.54) is 0 Å². The molecule has 0 aromatic heterocycles. The summed E-state index contributed by atoms with van der Waals surface area (Å²) in [5.74, 6) is -0.972. The van der Waals surface area contributed by atoms with Crippen molar-refractivity contribution in [2.45, 2.75) is 18.6 Å². The van der Waals surface area contributed by atoms with Crippen LogP contribution >= 0.6 is 0 Å². The highest BCUT2D eigenvalue weighted by atomic mass is 16.4. The van der Waals surface area contributed by atoms with E-state index in [4.69, 9.17) is 10.2 Å². The minimum atomic E-state index is -0.972. The number of carbonyl (C=O) groups is 1. The lowest BCUT2D eigenvalue weighted by molar-refractivity contribution is -0.141. The topological polar surface area (TPSA) is 100 Å². The Morgan fingerprint density at radius 1 is 1.60 bits per heavy atom. The number of aliphatic hydroxyl groups excluding tert-OH is 1. The largest absolute Gasteiger partial charge is 0.480 e. The van der Waals surface area contributed by atoms with Gasteiger partial charge in [-0.15, -0.1) is 0 Å². The fourth-order valence-electron chi connectivity index (χ4n) is 0.941. The third kappa shape index (κ3) is 1.66. The molecule has 2 atom stereocenters. The van der Waals surface area contributed by atoms with Crippen LogP contribution in [-0.2, 0) is 4.79 Å². The lowest BCUT2D eigenvalue weighted by Crippen LogP contribution is -2.38. The number of aliphatic carboxylic acids is 1. The van der Waals surface area contributed by atoms with Crippen molar-refractivity contribution in [3.8, 4) is 0 Å². The predicted octanol–water partition coefficient (Wildman–Crippen LogP) is -1.69. The predicted molar refractivity (Wildman–Crippen MR) is 32.2 cm³/mol. The van der Waals surface area contributed by atoms with Gasteiger partial charge in [0.15, 0.2) is 0 Å². The van der Waals surface area contributed by atoms with Crippen LogP contribution in [0.3, 0.4) is 0 Å². The Morgan fingerprint density at radius 3 is 2.40 bits per heavy atom. The molecular weight excluding hydrogens is 136 g/mol. The van der Waals surface area contributed by atoms with E-state index in [1.807, 2.05) is 0 Å². The Kier molecular flexibility index (Phi) is 3.27. The number of carboxylic acids is 1. The number of carboxylic acid groups (broad SMARTS) is 1. The first-order valence-electron chi connectivity index (χ1n) is 2.86. The van der Waals surface area contributed by atoms with Crippen LogP contribution in [0.4, 0.5) is 0 Å². The lowest BCUT2D eigenvalue weighted by atomic mass is 10.2. The normalized spacial score (nSPS) is 31.3. The summed E-state index contributed by atoms with van der Waals surface area (Å²) in [6.45, 7) is 0.595. The van der Waals surface area contributed by atoms with Crippen LogP contribution < -0.4 is 11.5 Å². The van der Waals surface area contributed by atoms with Crippen molar-refractivity contribution in [3.63, 3.8) is 0 Å². The van der Waals surface area contributed by atoms with Crippen LogP contribution in [0.5, 0.6) is 0 Å². The highest BCUT2D eigenvalue weighted by Crippen LogP contribution is 2.05. The molecule has 1 aliphatic heterocycles. The van der Waals surface area contributed by atoms with Crippen molar-refractivity contribution >= 4 is 5.97 Å². The second kappa shape index (κ2) is 3.50. The van der Waals surface area contributed by atoms with E-state index in [0.29, 0.717) is 13.0 Å². The maximum absolute atomic E-state index is 10.2. The zero-order valence-electron chi connectivity index (χ0n) is 5.32. The van der Waals surface area contributed by atoms with Crippen molar-refractivity contribution in [1.29, 1.82) is 0 Å². The number of hydrogen-bond donors (Lipinski definition) is 3. The zero-order chi connectivity index (χ0) is 6.85. The molecule has 0 amide bonds. The number of rotatable bonds is 1. The van der Waals surface area contributed by atoms with Gasteiger partial charge in [0.25, 0.3) is 0 Å². The first-order valence-corrected chi connectivity index (χ1v) is 2.86. The highest BCUT2D eigenvalue weighted by Gasteiger charge is 2.30. The van der Waals surface area contributed by atoms with E-state index in [-0.39, 0.29) is 6.15 Å². The van der Waals surface area contributed by atoms with Gasteiger partial charge in [-0.2, -0.15) is 0 Å². The van der Waals surface area contributed by atoms with Gasteiger partial charge in [0.2, 0.25) is 0 Å². The summed E-state index contributed by atoms with van der Waals surface area (Å²) in [6.07, 6.45) is -0.167. The van der Waals surface area contributed by atoms with Crippen LogP contribution in [0.25, 0.3) is 0 Å². The average Bonchev–Trinajstić information content (AvgIpc) is 2.13. The summed E-state index contributed by atoms with van der Waals surface area (Å²) >= 11 is 0. The molecule has 1 heterocycles. The maximum atomic E-state index is 10.2. The third-order valence-electron chi connectivity index (χ3n) is 1.46. The molecule has 3 radical (unpaired) electrons. The van der Waals surface area contributed by atoms with Crippen molar-refractivity contribution < 1.29 is 15.0 Å². The molecule has 1 saturated heterocycles. The van der Waals surface area contributed by atoms with Gasteiger partial charge in [-0.3, -0.25) is 4.79 Å². The summed E-state index contributed by atoms with van der Waals surface area (Å²) in [5, 5.41) is 19.9. The molecule has 5 nitrogen and oxygen atoms in total. The van der Waals surface area contributed by atoms with Gasteiger partial charge in [0.05, 0.1) is 6.10 Å². The lowest BCUT2D eigenvalue weighted by Gasteiger charge is -2.06. The molecule has 3 N–H and O–H groups in total. The molecule has 1 aliphatic rings. The van der Waals surface area contributed by atoms with Gasteiger partial charge >= 0.3 is 5.97 Å². The van der Waals surface area contributed by atoms with Crippen molar-refractivity contribution in [2.75, 3.05) is 6.54 Å². The fraction of sp³-hybridized carbons (Fsp3) is 0.800. The number of nitrogens with zero attached hydrogens (tertiary/aromatic N) is 1. The zero-order valence-corrected chi connectivity index (χ0v) is 5.32. The molecule has 0 aliphatic carbocycles. The van der Waals surface area contributed by atoms with Crippen molar-refractivity contribution in [3.05, 3.63) is 0 Å². The summed E-state index contributed by atoms with van der Waals surface area (Å²) in [6, 6.07) is -0.745. The average molecular weight is 145 g/mol. The molecule has 1 fully saturated rings. The van der Waals surface area contributed by atoms with E-state index in [0.717, 1.165) is 0 Å². The first kappa shape index (κ1) is 9.35. The third-order valence-corrected chi connectivity index (χ3v) is 1.46. The second-order valence-corrected chi connectivity index (χ2v) is 2.13. The van der Waals surface area contributed by atoms with Crippen LogP contribution in [0.1, 0.15) is 6.42 Å². The molecule has 0 saturated carbocycles. The molecule has 0 aromatic carbocycles. The number of nitrogens with one attached hydrogen (secondary N) is 1. The maximum Gasteiger partial charge on any atom is 0.323 e. The van der Waals surface area contributed by atoms with Gasteiger partial charge in [0.1, 0.15) is 6.04 Å². The monoisotopic (exact) mass is 145 g/mol. The van der Waals surface area contributed by atoms with Crippen molar-refractivity contribution in [2.24, 2.45) is 0 Å². The highest BCUT2D eigenvalue weighted by molar-refractivity contribution is 5.74. The standard InChI is InChI=1S/C5H9NO3.N/c7-3-1-2-6-4(3)5(8)9;/h3-4,6-7H,1-2H2,(H,8,9);/t3?,4-;/m0./s1. The second-order valence-electron chi connectivity index (χ2n) is 2.13. The number of hydrogen-bond acceptors (Lipinski definition) is 3. The molecule has 0 bridgehead atoms. The molecule has 0 spiro atoms. The van der Waals surface area contributed by atoms with Gasteiger partial charge in [-0.1, -0.05) is 0 Å². The quantitative estimate of drug-likeness (QED) is 0.410. The summed E-state index contributed by atoms with van der Waals surface area (Å²) in [5.41, 5.74) is 0. The Hall–Kier alpha value is -0.650. The molecule has 0 aromatic rings.